The van der Waals surface area contributed by atoms with Gasteiger partial charge in [-0.2, -0.15) is 0 Å². The Balaban J connectivity index is 2.98. The highest BCUT2D eigenvalue weighted by Gasteiger charge is 2.08. The van der Waals surface area contributed by atoms with E-state index in [2.05, 4.69) is 0 Å². The molecule has 0 spiro atoms. The maximum absolute atomic E-state index is 12.8. The molecule has 0 bridgehead atoms. The maximum Gasteiger partial charge on any atom is 0.215 e. The monoisotopic (exact) mass is 193 g/mol. The van der Waals surface area contributed by atoms with Gasteiger partial charge >= 0.3 is 0 Å². The summed E-state index contributed by atoms with van der Waals surface area (Å²) in [7, 11) is 0. The fraction of sp³-hybridized carbons (Fsp3) is 0.100. The molecule has 0 amide bonds. The number of nitrogens with two attached hydrogens (primary N) is 1. The Labute approximate surface area is 78.9 Å². The van der Waals surface area contributed by atoms with Crippen LogP contribution in [0.4, 0.5) is 10.1 Å². The van der Waals surface area contributed by atoms with Gasteiger partial charge in [0.05, 0.1) is 5.39 Å². The summed E-state index contributed by atoms with van der Waals surface area (Å²) in [6.45, 7) is 1.57. The van der Waals surface area contributed by atoms with Crippen LogP contribution in [-0.2, 0) is 0 Å². The van der Waals surface area contributed by atoms with Crippen molar-refractivity contribution >= 4 is 16.7 Å². The van der Waals surface area contributed by atoms with E-state index in [1.165, 1.54) is 18.2 Å². The lowest BCUT2D eigenvalue weighted by Crippen LogP contribution is -2.10. The Morgan fingerprint density at radius 3 is 2.86 bits per heavy atom. The van der Waals surface area contributed by atoms with Crippen LogP contribution in [0.25, 0.3) is 11.0 Å². The molecule has 2 aromatic rings. The van der Waals surface area contributed by atoms with Crippen molar-refractivity contribution in [2.24, 2.45) is 0 Å². The van der Waals surface area contributed by atoms with Crippen LogP contribution in [0.1, 0.15) is 5.76 Å². The fourth-order valence-corrected chi connectivity index (χ4v) is 1.29. The number of hydrogen-bond donors (Lipinski definition) is 1. The molecule has 2 rings (SSSR count). The van der Waals surface area contributed by atoms with Gasteiger partial charge < -0.3 is 10.2 Å². The molecule has 4 heteroatoms. The minimum absolute atomic E-state index is 0.0732. The largest absolute Gasteiger partial charge is 0.459 e. The summed E-state index contributed by atoms with van der Waals surface area (Å²) in [5.41, 5.74) is 5.47. The first-order valence-electron chi connectivity index (χ1n) is 4.08. The quantitative estimate of drug-likeness (QED) is 0.694. The number of rotatable bonds is 0. The van der Waals surface area contributed by atoms with Crippen LogP contribution in [0.5, 0.6) is 0 Å². The van der Waals surface area contributed by atoms with Gasteiger partial charge in [-0.1, -0.05) is 0 Å². The minimum Gasteiger partial charge on any atom is -0.459 e. The second-order valence-corrected chi connectivity index (χ2v) is 3.04. The van der Waals surface area contributed by atoms with Gasteiger partial charge in [0.2, 0.25) is 5.43 Å². The highest BCUT2D eigenvalue weighted by molar-refractivity contribution is 5.79. The SMILES string of the molecule is Cc1oc2cc(F)ccc2c(=O)c1N. The van der Waals surface area contributed by atoms with Crippen LogP contribution < -0.4 is 11.2 Å². The first-order chi connectivity index (χ1) is 6.59. The highest BCUT2D eigenvalue weighted by Crippen LogP contribution is 2.16. The van der Waals surface area contributed by atoms with Gasteiger partial charge in [-0.15, -0.1) is 0 Å². The third kappa shape index (κ3) is 1.16. The normalized spacial score (nSPS) is 10.7. The van der Waals surface area contributed by atoms with Crippen molar-refractivity contribution in [2.45, 2.75) is 6.92 Å². The van der Waals surface area contributed by atoms with E-state index in [4.69, 9.17) is 10.2 Å². The summed E-state index contributed by atoms with van der Waals surface area (Å²) in [5.74, 6) is -0.127. The van der Waals surface area contributed by atoms with Crippen LogP contribution in [0.15, 0.2) is 27.4 Å². The molecule has 0 fully saturated rings. The average Bonchev–Trinajstić information content (AvgIpc) is 2.14. The van der Waals surface area contributed by atoms with Crippen LogP contribution in [0.2, 0.25) is 0 Å². The summed E-state index contributed by atoms with van der Waals surface area (Å²) in [5, 5.41) is 0.300. The number of anilines is 1. The molecule has 0 aliphatic rings. The van der Waals surface area contributed by atoms with Crippen molar-refractivity contribution in [3.63, 3.8) is 0 Å². The third-order valence-electron chi connectivity index (χ3n) is 2.08. The molecule has 0 unspecified atom stereocenters. The van der Waals surface area contributed by atoms with Gasteiger partial charge in [0.15, 0.2) is 0 Å². The van der Waals surface area contributed by atoms with Crippen LogP contribution in [0, 0.1) is 12.7 Å². The predicted octanol–water partition coefficient (Wildman–Crippen LogP) is 1.82. The van der Waals surface area contributed by atoms with E-state index in [1.807, 2.05) is 0 Å². The molecule has 0 aliphatic heterocycles. The molecular formula is C10H8FNO2. The Hall–Kier alpha value is -1.84. The van der Waals surface area contributed by atoms with E-state index in [1.54, 1.807) is 6.92 Å². The van der Waals surface area contributed by atoms with E-state index < -0.39 is 5.82 Å². The zero-order valence-corrected chi connectivity index (χ0v) is 7.50. The fourth-order valence-electron chi connectivity index (χ4n) is 1.29. The van der Waals surface area contributed by atoms with Gasteiger partial charge in [-0.05, 0) is 19.1 Å². The van der Waals surface area contributed by atoms with E-state index in [0.717, 1.165) is 0 Å². The molecule has 1 aromatic heterocycles. The van der Waals surface area contributed by atoms with E-state index in [0.29, 0.717) is 11.1 Å². The molecule has 0 radical (unpaired) electrons. The first-order valence-corrected chi connectivity index (χ1v) is 4.08. The van der Waals surface area contributed by atoms with E-state index in [9.17, 15) is 9.18 Å². The zero-order valence-electron chi connectivity index (χ0n) is 7.50. The Morgan fingerprint density at radius 1 is 1.43 bits per heavy atom. The van der Waals surface area contributed by atoms with Crippen LogP contribution in [0.3, 0.4) is 0 Å². The zero-order chi connectivity index (χ0) is 10.3. The van der Waals surface area contributed by atoms with E-state index in [-0.39, 0.29) is 16.7 Å². The van der Waals surface area contributed by atoms with Gasteiger partial charge in [0.1, 0.15) is 22.8 Å². The number of aryl methyl sites for hydroxylation is 1. The second kappa shape index (κ2) is 2.83. The lowest BCUT2D eigenvalue weighted by Gasteiger charge is -2.01. The molecule has 3 nitrogen and oxygen atoms in total. The van der Waals surface area contributed by atoms with Crippen molar-refractivity contribution in [3.05, 3.63) is 40.0 Å². The van der Waals surface area contributed by atoms with Crippen molar-refractivity contribution in [1.29, 1.82) is 0 Å². The molecule has 1 heterocycles. The van der Waals surface area contributed by atoms with Crippen LogP contribution >= 0.6 is 0 Å². The van der Waals surface area contributed by atoms with Crippen LogP contribution in [-0.4, -0.2) is 0 Å². The Kier molecular flexibility index (Phi) is 1.77. The number of benzene rings is 1. The summed E-state index contributed by atoms with van der Waals surface area (Å²) < 4.78 is 18.0. The third-order valence-corrected chi connectivity index (χ3v) is 2.08. The first kappa shape index (κ1) is 8.74. The van der Waals surface area contributed by atoms with Gasteiger partial charge in [-0.3, -0.25) is 4.79 Å². The van der Waals surface area contributed by atoms with Gasteiger partial charge in [0, 0.05) is 6.07 Å². The molecule has 1 aromatic carbocycles. The maximum atomic E-state index is 12.8. The summed E-state index contributed by atoms with van der Waals surface area (Å²) in [6, 6.07) is 3.74. The predicted molar refractivity (Wildman–Crippen MR) is 51.6 cm³/mol. The molecule has 0 saturated heterocycles. The number of halogens is 1. The lowest BCUT2D eigenvalue weighted by atomic mass is 10.2. The smallest absolute Gasteiger partial charge is 0.215 e. The molecule has 0 aliphatic carbocycles. The molecule has 0 saturated carbocycles. The minimum atomic E-state index is -0.440. The molecule has 14 heavy (non-hydrogen) atoms. The summed E-state index contributed by atoms with van der Waals surface area (Å²) >= 11 is 0. The highest BCUT2D eigenvalue weighted by atomic mass is 19.1. The lowest BCUT2D eigenvalue weighted by molar-refractivity contribution is 0.560. The summed E-state index contributed by atoms with van der Waals surface area (Å²) in [6.07, 6.45) is 0. The molecule has 0 atom stereocenters. The topological polar surface area (TPSA) is 56.2 Å². The number of hydrogen-bond acceptors (Lipinski definition) is 3. The average molecular weight is 193 g/mol. The molecule has 72 valence electrons. The van der Waals surface area contributed by atoms with Crippen molar-refractivity contribution in [1.82, 2.24) is 0 Å². The van der Waals surface area contributed by atoms with Crippen molar-refractivity contribution < 1.29 is 8.81 Å². The number of fused-ring (bicyclic) bond motifs is 1. The van der Waals surface area contributed by atoms with Gasteiger partial charge in [0.25, 0.3) is 0 Å². The molecular weight excluding hydrogens is 185 g/mol. The Morgan fingerprint density at radius 2 is 2.14 bits per heavy atom. The Bertz CT molecular complexity index is 560. The van der Waals surface area contributed by atoms with Crippen molar-refractivity contribution in [3.8, 4) is 0 Å². The van der Waals surface area contributed by atoms with Crippen molar-refractivity contribution in [2.75, 3.05) is 5.73 Å². The standard InChI is InChI=1S/C10H8FNO2/c1-5-9(12)10(13)7-3-2-6(11)4-8(7)14-5/h2-4H,12H2,1H3. The molecule has 2 N–H and O–H groups in total. The second-order valence-electron chi connectivity index (χ2n) is 3.04. The number of nitrogen functional groups attached to an aromatic ring is 1. The van der Waals surface area contributed by atoms with Gasteiger partial charge in [-0.25, -0.2) is 4.39 Å². The summed E-state index contributed by atoms with van der Waals surface area (Å²) in [4.78, 5) is 11.6. The van der Waals surface area contributed by atoms with E-state index >= 15 is 0 Å².